The van der Waals surface area contributed by atoms with Crippen LogP contribution in [0.4, 0.5) is 5.69 Å². The highest BCUT2D eigenvalue weighted by Crippen LogP contribution is 2.24. The number of fused-ring (bicyclic) bond motifs is 1. The van der Waals surface area contributed by atoms with Crippen molar-refractivity contribution in [3.63, 3.8) is 0 Å². The number of rotatable bonds is 4. The Morgan fingerprint density at radius 3 is 2.94 bits per heavy atom. The van der Waals surface area contributed by atoms with Crippen LogP contribution in [-0.4, -0.2) is 19.5 Å². The Bertz CT molecular complexity index is 388. The molecule has 0 heterocycles. The number of hydrogen-bond donors (Lipinski definition) is 2. The number of benzene rings is 1. The van der Waals surface area contributed by atoms with Gasteiger partial charge in [-0.15, -0.1) is 0 Å². The van der Waals surface area contributed by atoms with Gasteiger partial charge in [-0.3, -0.25) is 4.79 Å². The molecule has 1 aromatic carbocycles. The quantitative estimate of drug-likeness (QED) is 0.808. The zero-order valence-electron chi connectivity index (χ0n) is 9.68. The molecule has 0 bridgehead atoms. The molecule has 86 valence electrons. The molecule has 1 amide bonds. The van der Waals surface area contributed by atoms with Crippen molar-refractivity contribution in [3.8, 4) is 0 Å². The van der Waals surface area contributed by atoms with Gasteiger partial charge in [-0.05, 0) is 42.5 Å². The van der Waals surface area contributed by atoms with E-state index < -0.39 is 0 Å². The van der Waals surface area contributed by atoms with Crippen LogP contribution in [0.25, 0.3) is 0 Å². The smallest absolute Gasteiger partial charge is 0.221 e. The zero-order valence-corrected chi connectivity index (χ0v) is 9.68. The molecule has 3 heteroatoms. The van der Waals surface area contributed by atoms with Gasteiger partial charge < -0.3 is 10.6 Å². The molecule has 0 spiro atoms. The van der Waals surface area contributed by atoms with Gasteiger partial charge in [0.1, 0.15) is 0 Å². The topological polar surface area (TPSA) is 41.1 Å². The molecule has 1 aromatic rings. The lowest BCUT2D eigenvalue weighted by molar-refractivity contribution is -0.120. The minimum absolute atomic E-state index is 0.0775. The second kappa shape index (κ2) is 5.01. The third kappa shape index (κ3) is 2.54. The SMILES string of the molecule is CNC(=O)CCNc1ccc2c(c1)CCC2. The summed E-state index contributed by atoms with van der Waals surface area (Å²) < 4.78 is 0. The van der Waals surface area contributed by atoms with E-state index in [9.17, 15) is 4.79 Å². The number of carbonyl (C=O) groups excluding carboxylic acids is 1. The molecule has 0 saturated carbocycles. The lowest BCUT2D eigenvalue weighted by Crippen LogP contribution is -2.20. The van der Waals surface area contributed by atoms with Gasteiger partial charge in [0.15, 0.2) is 0 Å². The predicted molar refractivity (Wildman–Crippen MR) is 65.6 cm³/mol. The highest BCUT2D eigenvalue weighted by molar-refractivity contribution is 5.76. The Kier molecular flexibility index (Phi) is 3.44. The number of nitrogens with one attached hydrogen (secondary N) is 2. The normalized spacial score (nSPS) is 13.3. The van der Waals surface area contributed by atoms with Crippen LogP contribution in [0.1, 0.15) is 24.0 Å². The number of carbonyl (C=O) groups is 1. The number of anilines is 1. The summed E-state index contributed by atoms with van der Waals surface area (Å²) in [6.07, 6.45) is 4.21. The van der Waals surface area contributed by atoms with Crippen LogP contribution in [0, 0.1) is 0 Å². The third-order valence-corrected chi connectivity index (χ3v) is 3.06. The molecular weight excluding hydrogens is 200 g/mol. The number of hydrogen-bond acceptors (Lipinski definition) is 2. The van der Waals surface area contributed by atoms with E-state index in [1.807, 2.05) is 0 Å². The van der Waals surface area contributed by atoms with Crippen molar-refractivity contribution in [2.24, 2.45) is 0 Å². The van der Waals surface area contributed by atoms with E-state index in [4.69, 9.17) is 0 Å². The summed E-state index contributed by atoms with van der Waals surface area (Å²) in [5, 5.41) is 5.89. The Morgan fingerprint density at radius 2 is 2.12 bits per heavy atom. The molecule has 2 rings (SSSR count). The van der Waals surface area contributed by atoms with Crippen molar-refractivity contribution in [1.82, 2.24) is 5.32 Å². The van der Waals surface area contributed by atoms with Gasteiger partial charge >= 0.3 is 0 Å². The summed E-state index contributed by atoms with van der Waals surface area (Å²) in [6.45, 7) is 0.693. The summed E-state index contributed by atoms with van der Waals surface area (Å²) in [7, 11) is 1.66. The van der Waals surface area contributed by atoms with Crippen molar-refractivity contribution < 1.29 is 4.79 Å². The Morgan fingerprint density at radius 1 is 1.31 bits per heavy atom. The minimum atomic E-state index is 0.0775. The van der Waals surface area contributed by atoms with E-state index in [0.29, 0.717) is 13.0 Å². The van der Waals surface area contributed by atoms with Gasteiger partial charge in [0.25, 0.3) is 0 Å². The van der Waals surface area contributed by atoms with Crippen LogP contribution in [0.15, 0.2) is 18.2 Å². The molecule has 2 N–H and O–H groups in total. The monoisotopic (exact) mass is 218 g/mol. The maximum atomic E-state index is 11.0. The van der Waals surface area contributed by atoms with Gasteiger partial charge in [0.05, 0.1) is 0 Å². The molecule has 16 heavy (non-hydrogen) atoms. The molecule has 0 saturated heterocycles. The molecule has 0 unspecified atom stereocenters. The van der Waals surface area contributed by atoms with Gasteiger partial charge in [-0.2, -0.15) is 0 Å². The van der Waals surface area contributed by atoms with Crippen LogP contribution in [0.2, 0.25) is 0 Å². The second-order valence-corrected chi connectivity index (χ2v) is 4.19. The Labute approximate surface area is 96.2 Å². The zero-order chi connectivity index (χ0) is 11.4. The summed E-state index contributed by atoms with van der Waals surface area (Å²) >= 11 is 0. The van der Waals surface area contributed by atoms with Gasteiger partial charge in [0, 0.05) is 25.7 Å². The van der Waals surface area contributed by atoms with Crippen LogP contribution in [0.3, 0.4) is 0 Å². The predicted octanol–water partition coefficient (Wildman–Crippen LogP) is 1.72. The lowest BCUT2D eigenvalue weighted by Gasteiger charge is -2.07. The van der Waals surface area contributed by atoms with E-state index in [-0.39, 0.29) is 5.91 Å². The van der Waals surface area contributed by atoms with Crippen molar-refractivity contribution in [2.75, 3.05) is 18.9 Å². The fourth-order valence-electron chi connectivity index (χ4n) is 2.13. The summed E-state index contributed by atoms with van der Waals surface area (Å²) in [5.41, 5.74) is 4.08. The average Bonchev–Trinajstić information content (AvgIpc) is 2.76. The molecule has 0 aliphatic heterocycles. The highest BCUT2D eigenvalue weighted by atomic mass is 16.1. The van der Waals surface area contributed by atoms with Crippen LogP contribution in [0.5, 0.6) is 0 Å². The summed E-state index contributed by atoms with van der Waals surface area (Å²) in [4.78, 5) is 11.0. The average molecular weight is 218 g/mol. The van der Waals surface area contributed by atoms with E-state index in [2.05, 4.69) is 28.8 Å². The fraction of sp³-hybridized carbons (Fsp3) is 0.462. The van der Waals surface area contributed by atoms with E-state index in [1.54, 1.807) is 7.05 Å². The van der Waals surface area contributed by atoms with Gasteiger partial charge in [-0.1, -0.05) is 6.07 Å². The third-order valence-electron chi connectivity index (χ3n) is 3.06. The van der Waals surface area contributed by atoms with Crippen molar-refractivity contribution in [3.05, 3.63) is 29.3 Å². The maximum absolute atomic E-state index is 11.0. The molecule has 0 fully saturated rings. The summed E-state index contributed by atoms with van der Waals surface area (Å²) in [5.74, 6) is 0.0775. The lowest BCUT2D eigenvalue weighted by atomic mass is 10.1. The number of aryl methyl sites for hydroxylation is 2. The summed E-state index contributed by atoms with van der Waals surface area (Å²) in [6, 6.07) is 6.52. The molecule has 0 aromatic heterocycles. The highest BCUT2D eigenvalue weighted by Gasteiger charge is 2.10. The van der Waals surface area contributed by atoms with Crippen molar-refractivity contribution in [1.29, 1.82) is 0 Å². The fourth-order valence-corrected chi connectivity index (χ4v) is 2.13. The van der Waals surface area contributed by atoms with Gasteiger partial charge in [-0.25, -0.2) is 0 Å². The standard InChI is InChI=1S/C13H18N2O/c1-14-13(16)7-8-15-12-6-5-10-3-2-4-11(10)9-12/h5-6,9,15H,2-4,7-8H2,1H3,(H,14,16). The molecule has 1 aliphatic rings. The first kappa shape index (κ1) is 11.0. The van der Waals surface area contributed by atoms with E-state index >= 15 is 0 Å². The first-order valence-corrected chi connectivity index (χ1v) is 5.86. The minimum Gasteiger partial charge on any atom is -0.385 e. The van der Waals surface area contributed by atoms with Crippen molar-refractivity contribution >= 4 is 11.6 Å². The molecule has 0 radical (unpaired) electrons. The number of amides is 1. The first-order valence-electron chi connectivity index (χ1n) is 5.86. The molecule has 3 nitrogen and oxygen atoms in total. The van der Waals surface area contributed by atoms with Crippen LogP contribution >= 0.6 is 0 Å². The van der Waals surface area contributed by atoms with Gasteiger partial charge in [0.2, 0.25) is 5.91 Å². The van der Waals surface area contributed by atoms with Crippen LogP contribution < -0.4 is 10.6 Å². The van der Waals surface area contributed by atoms with E-state index in [0.717, 1.165) is 5.69 Å². The first-order chi connectivity index (χ1) is 7.79. The molecule has 0 atom stereocenters. The Hall–Kier alpha value is -1.51. The largest absolute Gasteiger partial charge is 0.385 e. The Balaban J connectivity index is 1.88. The van der Waals surface area contributed by atoms with E-state index in [1.165, 1.54) is 30.4 Å². The molecular formula is C13H18N2O. The van der Waals surface area contributed by atoms with Crippen molar-refractivity contribution in [2.45, 2.75) is 25.7 Å². The van der Waals surface area contributed by atoms with Crippen LogP contribution in [-0.2, 0) is 17.6 Å². The second-order valence-electron chi connectivity index (χ2n) is 4.19. The molecule has 1 aliphatic carbocycles. The maximum Gasteiger partial charge on any atom is 0.221 e.